The van der Waals surface area contributed by atoms with Crippen LogP contribution in [-0.2, 0) is 15.6 Å². The van der Waals surface area contributed by atoms with Crippen LogP contribution < -0.4 is 0 Å². The third-order valence-corrected chi connectivity index (χ3v) is 3.13. The molecule has 0 aliphatic carbocycles. The number of pyridine rings is 1. The molecule has 0 bridgehead atoms. The zero-order valence-corrected chi connectivity index (χ0v) is 10.3. The van der Waals surface area contributed by atoms with E-state index in [4.69, 9.17) is 0 Å². The summed E-state index contributed by atoms with van der Waals surface area (Å²) in [5.41, 5.74) is 0.628. The molecule has 0 aliphatic rings. The van der Waals surface area contributed by atoms with Crippen LogP contribution in [0.1, 0.15) is 5.82 Å². The highest BCUT2D eigenvalue weighted by atomic mass is 79.9. The van der Waals surface area contributed by atoms with Crippen LogP contribution >= 0.6 is 15.9 Å². The molecule has 0 aliphatic heterocycles. The van der Waals surface area contributed by atoms with Crippen molar-refractivity contribution in [1.82, 2.24) is 14.6 Å². The Morgan fingerprint density at radius 3 is 2.80 bits per heavy atom. The first-order valence-corrected chi connectivity index (χ1v) is 6.99. The molecular formula is C8H8BrN3O2S. The first kappa shape index (κ1) is 10.6. The minimum Gasteiger partial charge on any atom is -0.229 e. The molecule has 0 fully saturated rings. The summed E-state index contributed by atoms with van der Waals surface area (Å²) in [7, 11) is -3.09. The van der Waals surface area contributed by atoms with Crippen molar-refractivity contribution in [2.24, 2.45) is 0 Å². The van der Waals surface area contributed by atoms with E-state index in [1.54, 1.807) is 10.6 Å². The number of hydrogen-bond donors (Lipinski definition) is 0. The Labute approximate surface area is 95.2 Å². The fourth-order valence-corrected chi connectivity index (χ4v) is 2.22. The third kappa shape index (κ3) is 2.35. The highest BCUT2D eigenvalue weighted by molar-refractivity contribution is 9.10. The van der Waals surface area contributed by atoms with Gasteiger partial charge in [0.1, 0.15) is 10.4 Å². The van der Waals surface area contributed by atoms with Crippen LogP contribution in [0.4, 0.5) is 0 Å². The first-order chi connectivity index (χ1) is 6.96. The molecule has 2 rings (SSSR count). The second kappa shape index (κ2) is 3.57. The molecule has 0 saturated heterocycles. The second-order valence-electron chi connectivity index (χ2n) is 3.22. The summed E-state index contributed by atoms with van der Waals surface area (Å²) in [6, 6.07) is 5.40. The monoisotopic (exact) mass is 289 g/mol. The molecule has 7 heteroatoms. The first-order valence-electron chi connectivity index (χ1n) is 4.13. The molecule has 0 atom stereocenters. The standard InChI is InChI=1S/C8H8BrN3O2S/c1-15(13,14)5-7-10-8-4-2-3-6(9)12(8)11-7/h2-4H,5H2,1H3. The van der Waals surface area contributed by atoms with Gasteiger partial charge in [-0.25, -0.2) is 17.9 Å². The van der Waals surface area contributed by atoms with Gasteiger partial charge in [-0.05, 0) is 28.1 Å². The van der Waals surface area contributed by atoms with Crippen LogP contribution in [0.25, 0.3) is 5.65 Å². The number of aromatic nitrogens is 3. The molecule has 0 unspecified atom stereocenters. The van der Waals surface area contributed by atoms with E-state index in [0.717, 1.165) is 10.9 Å². The summed E-state index contributed by atoms with van der Waals surface area (Å²) in [6.07, 6.45) is 1.16. The average Bonchev–Trinajstić information content (AvgIpc) is 2.45. The van der Waals surface area contributed by atoms with Crippen LogP contribution in [0, 0.1) is 0 Å². The van der Waals surface area contributed by atoms with Crippen LogP contribution in [0.5, 0.6) is 0 Å². The molecule has 0 aromatic carbocycles. The Morgan fingerprint density at radius 1 is 1.47 bits per heavy atom. The normalized spacial score (nSPS) is 12.1. The summed E-state index contributed by atoms with van der Waals surface area (Å²) in [5.74, 6) is 0.172. The zero-order chi connectivity index (χ0) is 11.1. The van der Waals surface area contributed by atoms with E-state index in [2.05, 4.69) is 26.0 Å². The van der Waals surface area contributed by atoms with Crippen molar-refractivity contribution in [3.05, 3.63) is 28.6 Å². The Kier molecular flexibility index (Phi) is 2.51. The van der Waals surface area contributed by atoms with E-state index < -0.39 is 9.84 Å². The number of hydrogen-bond acceptors (Lipinski definition) is 4. The van der Waals surface area contributed by atoms with E-state index >= 15 is 0 Å². The lowest BCUT2D eigenvalue weighted by molar-refractivity contribution is 0.599. The minimum absolute atomic E-state index is 0.138. The van der Waals surface area contributed by atoms with Gasteiger partial charge in [0.15, 0.2) is 21.3 Å². The molecule has 0 radical (unpaired) electrons. The van der Waals surface area contributed by atoms with E-state index in [9.17, 15) is 8.42 Å². The van der Waals surface area contributed by atoms with Crippen LogP contribution in [0.2, 0.25) is 0 Å². The second-order valence-corrected chi connectivity index (χ2v) is 6.17. The van der Waals surface area contributed by atoms with Crippen molar-refractivity contribution in [3.63, 3.8) is 0 Å². The highest BCUT2D eigenvalue weighted by Gasteiger charge is 2.11. The average molecular weight is 290 g/mol. The summed E-state index contributed by atoms with van der Waals surface area (Å²) in [6.45, 7) is 0. The number of fused-ring (bicyclic) bond motifs is 1. The number of sulfone groups is 1. The largest absolute Gasteiger partial charge is 0.229 e. The van der Waals surface area contributed by atoms with Gasteiger partial charge in [-0.2, -0.15) is 0 Å². The number of halogens is 1. The van der Waals surface area contributed by atoms with Crippen molar-refractivity contribution in [1.29, 1.82) is 0 Å². The van der Waals surface area contributed by atoms with E-state index in [1.807, 2.05) is 12.1 Å². The van der Waals surface area contributed by atoms with Gasteiger partial charge >= 0.3 is 0 Å². The number of nitrogens with zero attached hydrogens (tertiary/aromatic N) is 3. The Hall–Kier alpha value is -0.950. The molecule has 5 nitrogen and oxygen atoms in total. The summed E-state index contributed by atoms with van der Waals surface area (Å²) in [5, 5.41) is 4.08. The van der Waals surface area contributed by atoms with Gasteiger partial charge in [-0.15, -0.1) is 5.10 Å². The molecule has 15 heavy (non-hydrogen) atoms. The van der Waals surface area contributed by atoms with Crippen molar-refractivity contribution >= 4 is 31.4 Å². The Bertz CT molecular complexity index is 605. The van der Waals surface area contributed by atoms with Crippen molar-refractivity contribution in [3.8, 4) is 0 Å². The molecule has 2 heterocycles. The molecule has 0 spiro atoms. The maximum absolute atomic E-state index is 11.1. The summed E-state index contributed by atoms with van der Waals surface area (Å²) in [4.78, 5) is 4.10. The zero-order valence-electron chi connectivity index (χ0n) is 7.88. The lowest BCUT2D eigenvalue weighted by Gasteiger charge is -1.92. The van der Waals surface area contributed by atoms with Gasteiger partial charge in [0.25, 0.3) is 0 Å². The Balaban J connectivity index is 2.53. The molecule has 0 amide bonds. The topological polar surface area (TPSA) is 64.3 Å². The van der Waals surface area contributed by atoms with Gasteiger partial charge < -0.3 is 0 Å². The predicted octanol–water partition coefficient (Wildman–Crippen LogP) is 1.04. The molecule has 2 aromatic heterocycles. The van der Waals surface area contributed by atoms with Gasteiger partial charge in [0.05, 0.1) is 0 Å². The summed E-state index contributed by atoms with van der Waals surface area (Å²) >= 11 is 3.30. The summed E-state index contributed by atoms with van der Waals surface area (Å²) < 4.78 is 24.4. The minimum atomic E-state index is -3.09. The van der Waals surface area contributed by atoms with Gasteiger partial charge in [0, 0.05) is 6.26 Å². The molecule has 0 saturated carbocycles. The van der Waals surface area contributed by atoms with Crippen molar-refractivity contribution in [2.75, 3.05) is 6.26 Å². The maximum atomic E-state index is 11.1. The van der Waals surface area contributed by atoms with Crippen molar-refractivity contribution < 1.29 is 8.42 Å². The van der Waals surface area contributed by atoms with Gasteiger partial charge in [0.2, 0.25) is 0 Å². The molecule has 0 N–H and O–H groups in total. The lowest BCUT2D eigenvalue weighted by atomic mass is 10.5. The smallest absolute Gasteiger partial charge is 0.166 e. The van der Waals surface area contributed by atoms with E-state index in [-0.39, 0.29) is 5.75 Å². The van der Waals surface area contributed by atoms with E-state index in [0.29, 0.717) is 11.5 Å². The molecule has 80 valence electrons. The SMILES string of the molecule is CS(=O)(=O)Cc1nc2cccc(Br)n2n1. The van der Waals surface area contributed by atoms with Crippen molar-refractivity contribution in [2.45, 2.75) is 5.75 Å². The molecule has 2 aromatic rings. The van der Waals surface area contributed by atoms with Gasteiger partial charge in [-0.3, -0.25) is 0 Å². The fraction of sp³-hybridized carbons (Fsp3) is 0.250. The predicted molar refractivity (Wildman–Crippen MR) is 59.2 cm³/mol. The lowest BCUT2D eigenvalue weighted by Crippen LogP contribution is -2.02. The number of rotatable bonds is 2. The quantitative estimate of drug-likeness (QED) is 0.775. The fourth-order valence-electron chi connectivity index (χ4n) is 1.21. The van der Waals surface area contributed by atoms with Crippen LogP contribution in [0.15, 0.2) is 22.8 Å². The third-order valence-electron chi connectivity index (χ3n) is 1.75. The van der Waals surface area contributed by atoms with Crippen LogP contribution in [-0.4, -0.2) is 29.3 Å². The maximum Gasteiger partial charge on any atom is 0.166 e. The molecular weight excluding hydrogens is 282 g/mol. The van der Waals surface area contributed by atoms with Crippen LogP contribution in [0.3, 0.4) is 0 Å². The van der Waals surface area contributed by atoms with Gasteiger partial charge in [-0.1, -0.05) is 6.07 Å². The highest BCUT2D eigenvalue weighted by Crippen LogP contribution is 2.12. The van der Waals surface area contributed by atoms with E-state index in [1.165, 1.54) is 0 Å². The Morgan fingerprint density at radius 2 is 2.20 bits per heavy atom.